The quantitative estimate of drug-likeness (QED) is 0.399. The predicted molar refractivity (Wildman–Crippen MR) is 37.6 cm³/mol. The van der Waals surface area contributed by atoms with Crippen molar-refractivity contribution in [3.63, 3.8) is 0 Å². The van der Waals surface area contributed by atoms with E-state index in [1.807, 2.05) is 0 Å². The lowest BCUT2D eigenvalue weighted by Crippen LogP contribution is -2.52. The van der Waals surface area contributed by atoms with Crippen molar-refractivity contribution < 1.29 is 23.3 Å². The third-order valence-electron chi connectivity index (χ3n) is 1.66. The number of rotatable bonds is 1. The van der Waals surface area contributed by atoms with Crippen LogP contribution in [0.5, 0.6) is 0 Å². The molecule has 1 aromatic carbocycles. The molecule has 0 heterocycles. The van der Waals surface area contributed by atoms with Gasteiger partial charge in [-0.1, -0.05) is 0 Å². The minimum atomic E-state index is -1.79. The molecule has 0 saturated carbocycles. The topological polar surface area (TPSA) is 27.6 Å². The van der Waals surface area contributed by atoms with E-state index in [2.05, 4.69) is 5.73 Å². The maximum absolute atomic E-state index is 12.9. The molecular weight excluding hydrogens is 186 g/mol. The minimum absolute atomic E-state index is 0.267. The molecular formula is C8H8F4N+. The summed E-state index contributed by atoms with van der Waals surface area (Å²) in [5.41, 5.74) is 3.12. The van der Waals surface area contributed by atoms with Gasteiger partial charge in [0.05, 0.1) is 5.56 Å². The van der Waals surface area contributed by atoms with Crippen LogP contribution < -0.4 is 5.73 Å². The van der Waals surface area contributed by atoms with E-state index in [0.717, 1.165) is 0 Å². The molecule has 0 fully saturated rings. The lowest BCUT2D eigenvalue weighted by Gasteiger charge is -2.05. The molecule has 0 radical (unpaired) electrons. The second-order valence-electron chi connectivity index (χ2n) is 2.79. The van der Waals surface area contributed by atoms with Crippen molar-refractivity contribution in [1.82, 2.24) is 0 Å². The Morgan fingerprint density at radius 3 is 2.08 bits per heavy atom. The Morgan fingerprint density at radius 1 is 1.08 bits per heavy atom. The number of benzene rings is 1. The van der Waals surface area contributed by atoms with Gasteiger partial charge in [0, 0.05) is 0 Å². The summed E-state index contributed by atoms with van der Waals surface area (Å²) in [6, 6.07) is -0.0181. The number of quaternary nitrogens is 1. The summed E-state index contributed by atoms with van der Waals surface area (Å²) >= 11 is 0. The van der Waals surface area contributed by atoms with Crippen molar-refractivity contribution in [3.8, 4) is 0 Å². The summed E-state index contributed by atoms with van der Waals surface area (Å²) in [5, 5.41) is 0. The number of halogens is 4. The van der Waals surface area contributed by atoms with Crippen molar-refractivity contribution in [2.45, 2.75) is 13.0 Å². The van der Waals surface area contributed by atoms with Crippen LogP contribution in [0, 0.1) is 23.3 Å². The van der Waals surface area contributed by atoms with Gasteiger partial charge in [-0.15, -0.1) is 0 Å². The van der Waals surface area contributed by atoms with E-state index in [1.165, 1.54) is 6.92 Å². The molecule has 0 bridgehead atoms. The van der Waals surface area contributed by atoms with Crippen LogP contribution in [0.2, 0.25) is 0 Å². The molecule has 1 unspecified atom stereocenters. The van der Waals surface area contributed by atoms with Crippen molar-refractivity contribution in [2.75, 3.05) is 0 Å². The highest BCUT2D eigenvalue weighted by molar-refractivity contribution is 5.23. The van der Waals surface area contributed by atoms with E-state index in [4.69, 9.17) is 0 Å². The molecule has 0 aliphatic heterocycles. The van der Waals surface area contributed by atoms with E-state index < -0.39 is 29.3 Å². The molecule has 0 amide bonds. The summed E-state index contributed by atoms with van der Waals surface area (Å²) in [7, 11) is 0. The molecule has 5 heteroatoms. The van der Waals surface area contributed by atoms with Crippen LogP contribution in [0.15, 0.2) is 6.07 Å². The second kappa shape index (κ2) is 3.33. The highest BCUT2D eigenvalue weighted by Crippen LogP contribution is 2.21. The standard InChI is InChI=1S/C8H7F4N/c1-3(13)4-2-5(9)7(11)8(12)6(4)10/h2-3H,13H2,1H3/p+1. The molecule has 0 aliphatic carbocycles. The highest BCUT2D eigenvalue weighted by atomic mass is 19.2. The first-order valence-corrected chi connectivity index (χ1v) is 3.61. The second-order valence-corrected chi connectivity index (χ2v) is 2.79. The molecule has 1 nitrogen and oxygen atoms in total. The van der Waals surface area contributed by atoms with E-state index in [9.17, 15) is 17.6 Å². The minimum Gasteiger partial charge on any atom is -0.352 e. The predicted octanol–water partition coefficient (Wildman–Crippen LogP) is 1.55. The van der Waals surface area contributed by atoms with Gasteiger partial charge in [0.25, 0.3) is 0 Å². The van der Waals surface area contributed by atoms with E-state index >= 15 is 0 Å². The van der Waals surface area contributed by atoms with E-state index in [0.29, 0.717) is 6.07 Å². The Balaban J connectivity index is 3.41. The maximum Gasteiger partial charge on any atom is 0.197 e. The summed E-state index contributed by atoms with van der Waals surface area (Å²) < 4.78 is 50.5. The SMILES string of the molecule is CC([NH3+])c1cc(F)c(F)c(F)c1F. The Kier molecular flexibility index (Phi) is 2.56. The molecule has 0 spiro atoms. The molecule has 1 aromatic rings. The molecule has 1 rings (SSSR count). The Labute approximate surface area is 72.2 Å². The number of hydrogen-bond acceptors (Lipinski definition) is 0. The van der Waals surface area contributed by atoms with E-state index in [-0.39, 0.29) is 5.56 Å². The lowest BCUT2D eigenvalue weighted by atomic mass is 10.1. The molecule has 1 atom stereocenters. The molecule has 72 valence electrons. The van der Waals surface area contributed by atoms with Crippen molar-refractivity contribution in [1.29, 1.82) is 0 Å². The van der Waals surface area contributed by atoms with Gasteiger partial charge in [0.15, 0.2) is 23.3 Å². The van der Waals surface area contributed by atoms with Crippen LogP contribution in [0.4, 0.5) is 17.6 Å². The average Bonchev–Trinajstić information content (AvgIpc) is 2.07. The van der Waals surface area contributed by atoms with Crippen LogP contribution in [-0.2, 0) is 0 Å². The van der Waals surface area contributed by atoms with Gasteiger partial charge in [0.1, 0.15) is 6.04 Å². The van der Waals surface area contributed by atoms with Crippen LogP contribution in [-0.4, -0.2) is 0 Å². The van der Waals surface area contributed by atoms with Crippen molar-refractivity contribution >= 4 is 0 Å². The zero-order chi connectivity index (χ0) is 10.2. The van der Waals surface area contributed by atoms with Gasteiger partial charge in [-0.05, 0) is 13.0 Å². The smallest absolute Gasteiger partial charge is 0.197 e. The Hall–Kier alpha value is -1.10. The van der Waals surface area contributed by atoms with Gasteiger partial charge in [-0.2, -0.15) is 0 Å². The molecule has 0 saturated heterocycles. The van der Waals surface area contributed by atoms with Crippen molar-refractivity contribution in [3.05, 3.63) is 34.9 Å². The summed E-state index contributed by atoms with van der Waals surface area (Å²) in [5.74, 6) is -6.35. The average molecular weight is 194 g/mol. The fourth-order valence-electron chi connectivity index (χ4n) is 0.950. The third-order valence-corrected chi connectivity index (χ3v) is 1.66. The zero-order valence-corrected chi connectivity index (χ0v) is 6.87. The first-order valence-electron chi connectivity index (χ1n) is 3.61. The van der Waals surface area contributed by atoms with Crippen LogP contribution >= 0.6 is 0 Å². The monoisotopic (exact) mass is 194 g/mol. The summed E-state index contributed by atoms with van der Waals surface area (Å²) in [4.78, 5) is 0. The normalized spacial score (nSPS) is 13.1. The van der Waals surface area contributed by atoms with Gasteiger partial charge in [0.2, 0.25) is 0 Å². The van der Waals surface area contributed by atoms with Gasteiger partial charge in [-0.25, -0.2) is 17.6 Å². The summed E-state index contributed by atoms with van der Waals surface area (Å²) in [6.07, 6.45) is 0. The molecule has 0 aliphatic rings. The fourth-order valence-corrected chi connectivity index (χ4v) is 0.950. The molecule has 0 aromatic heterocycles. The highest BCUT2D eigenvalue weighted by Gasteiger charge is 2.21. The first kappa shape index (κ1) is 9.98. The Morgan fingerprint density at radius 2 is 1.62 bits per heavy atom. The largest absolute Gasteiger partial charge is 0.352 e. The number of hydrogen-bond donors (Lipinski definition) is 1. The molecule has 13 heavy (non-hydrogen) atoms. The zero-order valence-electron chi connectivity index (χ0n) is 6.87. The Bertz CT molecular complexity index is 335. The van der Waals surface area contributed by atoms with Crippen LogP contribution in [0.3, 0.4) is 0 Å². The first-order chi connectivity index (χ1) is 5.95. The maximum atomic E-state index is 12.9. The van der Waals surface area contributed by atoms with Gasteiger partial charge in [-0.3, -0.25) is 0 Å². The van der Waals surface area contributed by atoms with Gasteiger partial charge >= 0.3 is 0 Å². The third kappa shape index (κ3) is 1.65. The molecule has 3 N–H and O–H groups in total. The van der Waals surface area contributed by atoms with Crippen LogP contribution in [0.25, 0.3) is 0 Å². The lowest BCUT2D eigenvalue weighted by molar-refractivity contribution is -0.421. The van der Waals surface area contributed by atoms with Crippen LogP contribution in [0.1, 0.15) is 18.5 Å². The van der Waals surface area contributed by atoms with E-state index in [1.54, 1.807) is 0 Å². The van der Waals surface area contributed by atoms with Gasteiger partial charge < -0.3 is 5.73 Å². The fraction of sp³-hybridized carbons (Fsp3) is 0.250. The summed E-state index contributed by atoms with van der Waals surface area (Å²) in [6.45, 7) is 1.45. The van der Waals surface area contributed by atoms with Crippen molar-refractivity contribution in [2.24, 2.45) is 0 Å².